The van der Waals surface area contributed by atoms with E-state index in [0.717, 1.165) is 11.8 Å². The minimum absolute atomic E-state index is 0.780. The summed E-state index contributed by atoms with van der Waals surface area (Å²) in [6.07, 6.45) is 12.1. The van der Waals surface area contributed by atoms with Crippen LogP contribution in [0.25, 0.3) is 11.1 Å². The van der Waals surface area contributed by atoms with E-state index in [4.69, 9.17) is 0 Å². The van der Waals surface area contributed by atoms with Gasteiger partial charge in [-0.3, -0.25) is 0 Å². The van der Waals surface area contributed by atoms with Gasteiger partial charge in [-0.15, -0.1) is 0 Å². The zero-order valence-corrected chi connectivity index (χ0v) is 21.1. The molecule has 0 nitrogen and oxygen atoms in total. The van der Waals surface area contributed by atoms with E-state index < -0.39 is 0 Å². The number of rotatable bonds is 7. The van der Waals surface area contributed by atoms with E-state index in [0.29, 0.717) is 0 Å². The fraction of sp³-hybridized carbons (Fsp3) is 0.520. The van der Waals surface area contributed by atoms with E-state index in [9.17, 15) is 0 Å². The summed E-state index contributed by atoms with van der Waals surface area (Å²) in [7, 11) is 0. The van der Waals surface area contributed by atoms with Gasteiger partial charge in [-0.05, 0) is 118 Å². The Balaban J connectivity index is 1.71. The topological polar surface area (TPSA) is 0 Å². The number of halogens is 2. The predicted octanol–water partition coefficient (Wildman–Crippen LogP) is 8.98. The van der Waals surface area contributed by atoms with Crippen LogP contribution in [0.4, 0.5) is 0 Å². The number of benzene rings is 2. The standard InChI is InChI=1S/C25H32I2/c1-3-5-7-22-16-17-23(25(27)24(22)26)21-14-12-20(13-15-21)19-10-8-18(6-4-2)9-11-19/h12-19H,3-11H2,1-2H3. The Hall–Kier alpha value is -0.1000. The number of aryl methyl sites for hydroxylation is 1. The summed E-state index contributed by atoms with van der Waals surface area (Å²) in [5.74, 6) is 1.77. The first kappa shape index (κ1) is 21.6. The molecule has 146 valence electrons. The Morgan fingerprint density at radius 1 is 0.815 bits per heavy atom. The third kappa shape index (κ3) is 5.49. The average molecular weight is 586 g/mol. The number of hydrogen-bond acceptors (Lipinski definition) is 0. The SMILES string of the molecule is CCCCc1ccc(-c2ccc(C3CCC(CCC)CC3)cc2)c(I)c1I. The van der Waals surface area contributed by atoms with Crippen molar-refractivity contribution >= 4 is 45.2 Å². The summed E-state index contributed by atoms with van der Waals surface area (Å²) in [6.45, 7) is 4.59. The fourth-order valence-corrected chi connectivity index (χ4v) is 6.08. The summed E-state index contributed by atoms with van der Waals surface area (Å²) in [4.78, 5) is 0. The van der Waals surface area contributed by atoms with Crippen molar-refractivity contribution in [3.05, 3.63) is 54.7 Å². The van der Waals surface area contributed by atoms with E-state index in [1.54, 1.807) is 5.56 Å². The van der Waals surface area contributed by atoms with Crippen LogP contribution >= 0.6 is 45.2 Å². The smallest absolute Gasteiger partial charge is 0.0345 e. The highest BCUT2D eigenvalue weighted by Gasteiger charge is 2.21. The minimum atomic E-state index is 0.780. The van der Waals surface area contributed by atoms with Gasteiger partial charge in [0.2, 0.25) is 0 Å². The second-order valence-electron chi connectivity index (χ2n) is 8.13. The molecular weight excluding hydrogens is 554 g/mol. The van der Waals surface area contributed by atoms with Crippen molar-refractivity contribution in [3.8, 4) is 11.1 Å². The van der Waals surface area contributed by atoms with Gasteiger partial charge in [-0.1, -0.05) is 69.5 Å². The monoisotopic (exact) mass is 586 g/mol. The Kier molecular flexibility index (Phi) is 8.49. The molecule has 0 atom stereocenters. The van der Waals surface area contributed by atoms with Crippen LogP contribution in [-0.4, -0.2) is 0 Å². The van der Waals surface area contributed by atoms with Gasteiger partial charge in [0.05, 0.1) is 0 Å². The lowest BCUT2D eigenvalue weighted by Crippen LogP contribution is -2.13. The quantitative estimate of drug-likeness (QED) is 0.284. The molecule has 0 bridgehead atoms. The van der Waals surface area contributed by atoms with Crippen LogP contribution in [0.2, 0.25) is 0 Å². The largest absolute Gasteiger partial charge is 0.0654 e. The normalized spacial score (nSPS) is 20.0. The Morgan fingerprint density at radius 3 is 2.15 bits per heavy atom. The molecule has 0 unspecified atom stereocenters. The minimum Gasteiger partial charge on any atom is -0.0654 e. The molecule has 1 aliphatic rings. The molecule has 2 heteroatoms. The zero-order chi connectivity index (χ0) is 19.2. The van der Waals surface area contributed by atoms with Crippen LogP contribution < -0.4 is 0 Å². The van der Waals surface area contributed by atoms with E-state index in [2.05, 4.69) is 95.4 Å². The highest BCUT2D eigenvalue weighted by Crippen LogP contribution is 2.38. The van der Waals surface area contributed by atoms with Crippen molar-refractivity contribution in [1.82, 2.24) is 0 Å². The lowest BCUT2D eigenvalue weighted by molar-refractivity contribution is 0.308. The summed E-state index contributed by atoms with van der Waals surface area (Å²) in [5.41, 5.74) is 5.81. The molecule has 2 aromatic carbocycles. The molecule has 0 N–H and O–H groups in total. The van der Waals surface area contributed by atoms with Crippen LogP contribution in [0.1, 0.15) is 82.3 Å². The zero-order valence-electron chi connectivity index (χ0n) is 16.7. The van der Waals surface area contributed by atoms with Gasteiger partial charge in [0.1, 0.15) is 0 Å². The van der Waals surface area contributed by atoms with Crippen molar-refractivity contribution in [1.29, 1.82) is 0 Å². The maximum absolute atomic E-state index is 2.54. The molecule has 1 aliphatic carbocycles. The maximum atomic E-state index is 2.54. The molecule has 0 aliphatic heterocycles. The van der Waals surface area contributed by atoms with Gasteiger partial charge in [0.25, 0.3) is 0 Å². The molecule has 27 heavy (non-hydrogen) atoms. The van der Waals surface area contributed by atoms with Gasteiger partial charge in [-0.25, -0.2) is 0 Å². The van der Waals surface area contributed by atoms with E-state index in [1.807, 2.05) is 0 Å². The number of unbranched alkanes of at least 4 members (excludes halogenated alkanes) is 1. The van der Waals surface area contributed by atoms with Crippen molar-refractivity contribution in [2.24, 2.45) is 5.92 Å². The molecule has 0 radical (unpaired) electrons. The van der Waals surface area contributed by atoms with Crippen molar-refractivity contribution in [2.45, 2.75) is 77.6 Å². The third-order valence-corrected chi connectivity index (χ3v) is 9.58. The molecule has 0 spiro atoms. The van der Waals surface area contributed by atoms with Gasteiger partial charge in [0, 0.05) is 7.14 Å². The van der Waals surface area contributed by atoms with Crippen molar-refractivity contribution in [2.75, 3.05) is 0 Å². The lowest BCUT2D eigenvalue weighted by atomic mass is 9.77. The van der Waals surface area contributed by atoms with Gasteiger partial charge < -0.3 is 0 Å². The third-order valence-electron chi connectivity index (χ3n) is 6.20. The first-order valence-electron chi connectivity index (χ1n) is 10.7. The molecule has 0 heterocycles. The second-order valence-corrected chi connectivity index (χ2v) is 10.3. The first-order chi connectivity index (χ1) is 13.1. The molecular formula is C25H32I2. The van der Waals surface area contributed by atoms with Crippen LogP contribution in [0.15, 0.2) is 36.4 Å². The van der Waals surface area contributed by atoms with E-state index >= 15 is 0 Å². The maximum Gasteiger partial charge on any atom is 0.0345 e. The Bertz CT molecular complexity index is 725. The highest BCUT2D eigenvalue weighted by molar-refractivity contribution is 14.1. The fourth-order valence-electron chi connectivity index (χ4n) is 4.50. The molecule has 0 aromatic heterocycles. The van der Waals surface area contributed by atoms with Crippen molar-refractivity contribution in [3.63, 3.8) is 0 Å². The molecule has 0 amide bonds. The Morgan fingerprint density at radius 2 is 1.52 bits per heavy atom. The summed E-state index contributed by atoms with van der Waals surface area (Å²) in [6, 6.07) is 14.2. The predicted molar refractivity (Wildman–Crippen MR) is 136 cm³/mol. The summed E-state index contributed by atoms with van der Waals surface area (Å²) < 4.78 is 2.85. The molecule has 3 rings (SSSR count). The van der Waals surface area contributed by atoms with Crippen LogP contribution in [0, 0.1) is 13.1 Å². The first-order valence-corrected chi connectivity index (χ1v) is 12.9. The van der Waals surface area contributed by atoms with Gasteiger partial charge >= 0.3 is 0 Å². The molecule has 1 saturated carbocycles. The average Bonchev–Trinajstić information content (AvgIpc) is 2.70. The lowest BCUT2D eigenvalue weighted by Gasteiger charge is -2.28. The van der Waals surface area contributed by atoms with E-state index in [-0.39, 0.29) is 0 Å². The summed E-state index contributed by atoms with van der Waals surface area (Å²) >= 11 is 5.08. The van der Waals surface area contributed by atoms with Gasteiger partial charge in [0.15, 0.2) is 0 Å². The molecule has 1 fully saturated rings. The summed E-state index contributed by atoms with van der Waals surface area (Å²) in [5, 5.41) is 0. The number of hydrogen-bond donors (Lipinski definition) is 0. The second kappa shape index (κ2) is 10.6. The molecule has 2 aromatic rings. The van der Waals surface area contributed by atoms with Crippen LogP contribution in [0.3, 0.4) is 0 Å². The van der Waals surface area contributed by atoms with Gasteiger partial charge in [-0.2, -0.15) is 0 Å². The Labute approximate surface area is 193 Å². The molecule has 0 saturated heterocycles. The van der Waals surface area contributed by atoms with Crippen molar-refractivity contribution < 1.29 is 0 Å². The highest BCUT2D eigenvalue weighted by atomic mass is 127. The van der Waals surface area contributed by atoms with Crippen LogP contribution in [-0.2, 0) is 6.42 Å². The van der Waals surface area contributed by atoms with Crippen LogP contribution in [0.5, 0.6) is 0 Å². The van der Waals surface area contributed by atoms with E-state index in [1.165, 1.54) is 81.6 Å².